The van der Waals surface area contributed by atoms with E-state index in [4.69, 9.17) is 14.2 Å². The Morgan fingerprint density at radius 1 is 1.26 bits per heavy atom. The fraction of sp³-hybridized carbons (Fsp3) is 0.500. The first-order valence-electron chi connectivity index (χ1n) is 6.70. The summed E-state index contributed by atoms with van der Waals surface area (Å²) in [5.41, 5.74) is 0.984. The molecule has 98 valence electrons. The number of hydrogen-bond donors (Lipinski definition) is 1. The summed E-state index contributed by atoms with van der Waals surface area (Å²) in [4.78, 5) is 12.8. The fourth-order valence-corrected chi connectivity index (χ4v) is 3.84. The Bertz CT molecular complexity index is 614. The predicted octanol–water partition coefficient (Wildman–Crippen LogP) is 1.52. The monoisotopic (exact) mass is 259 g/mol. The van der Waals surface area contributed by atoms with E-state index < -0.39 is 5.60 Å². The SMILES string of the molecule is O=C1c2cc3c(cc2[C@H]2NC4CCCC14O2)OCO3. The number of carbonyl (C=O) groups is 1. The summed E-state index contributed by atoms with van der Waals surface area (Å²) in [6.45, 7) is 0.221. The van der Waals surface area contributed by atoms with Gasteiger partial charge < -0.3 is 14.2 Å². The van der Waals surface area contributed by atoms with Gasteiger partial charge in [0.15, 0.2) is 17.3 Å². The van der Waals surface area contributed by atoms with E-state index in [0.29, 0.717) is 11.5 Å². The van der Waals surface area contributed by atoms with E-state index in [1.807, 2.05) is 12.1 Å². The number of carbonyl (C=O) groups excluding carboxylic acids is 1. The van der Waals surface area contributed by atoms with E-state index in [-0.39, 0.29) is 24.8 Å². The van der Waals surface area contributed by atoms with E-state index in [9.17, 15) is 4.79 Å². The van der Waals surface area contributed by atoms with Crippen molar-refractivity contribution in [3.8, 4) is 11.5 Å². The standard InChI is InChI=1S/C14H13NO4/c16-12-7-4-9-10(18-6-17-9)5-8(7)13-15-11-2-1-3-14(11,12)19-13/h4-5,11,13,15H,1-3,6H2/t11?,13-,14?/m0/s1. The van der Waals surface area contributed by atoms with Crippen LogP contribution >= 0.6 is 0 Å². The first kappa shape index (κ1) is 10.2. The molecule has 5 rings (SSSR count). The molecule has 1 aromatic carbocycles. The summed E-state index contributed by atoms with van der Waals surface area (Å²) in [6, 6.07) is 3.84. The number of nitrogens with one attached hydrogen (secondary N) is 1. The molecule has 1 saturated heterocycles. The Hall–Kier alpha value is -1.59. The molecule has 0 amide bonds. The summed E-state index contributed by atoms with van der Waals surface area (Å²) < 4.78 is 16.8. The maximum atomic E-state index is 12.8. The van der Waals surface area contributed by atoms with E-state index in [1.165, 1.54) is 0 Å². The Balaban J connectivity index is 1.73. The van der Waals surface area contributed by atoms with Crippen LogP contribution in [0.1, 0.15) is 41.4 Å². The molecule has 4 aliphatic rings. The molecule has 1 spiro atoms. The molecular weight excluding hydrogens is 246 g/mol. The Kier molecular flexibility index (Phi) is 1.67. The van der Waals surface area contributed by atoms with Gasteiger partial charge in [-0.15, -0.1) is 0 Å². The zero-order valence-electron chi connectivity index (χ0n) is 10.3. The molecule has 1 N–H and O–H groups in total. The first-order chi connectivity index (χ1) is 9.28. The molecule has 2 fully saturated rings. The van der Waals surface area contributed by atoms with Crippen molar-refractivity contribution in [1.29, 1.82) is 0 Å². The zero-order valence-corrected chi connectivity index (χ0v) is 10.3. The third-order valence-electron chi connectivity index (χ3n) is 4.74. The van der Waals surface area contributed by atoms with Gasteiger partial charge in [0, 0.05) is 17.2 Å². The molecule has 5 heteroatoms. The lowest BCUT2D eigenvalue weighted by molar-refractivity contribution is -0.0346. The van der Waals surface area contributed by atoms with E-state index >= 15 is 0 Å². The van der Waals surface area contributed by atoms with Crippen molar-refractivity contribution in [2.75, 3.05) is 6.79 Å². The van der Waals surface area contributed by atoms with E-state index in [2.05, 4.69) is 5.32 Å². The number of Topliss-reactive ketones (excluding diaryl/α,β-unsaturated/α-hetero) is 1. The molecule has 1 aliphatic carbocycles. The molecule has 1 saturated carbocycles. The van der Waals surface area contributed by atoms with Crippen LogP contribution < -0.4 is 14.8 Å². The highest BCUT2D eigenvalue weighted by molar-refractivity contribution is 6.06. The van der Waals surface area contributed by atoms with Gasteiger partial charge in [-0.1, -0.05) is 0 Å². The van der Waals surface area contributed by atoms with Crippen LogP contribution in [0.25, 0.3) is 0 Å². The predicted molar refractivity (Wildman–Crippen MR) is 64.2 cm³/mol. The third kappa shape index (κ3) is 1.07. The van der Waals surface area contributed by atoms with Gasteiger partial charge >= 0.3 is 0 Å². The van der Waals surface area contributed by atoms with Crippen molar-refractivity contribution >= 4 is 5.78 Å². The second-order valence-electron chi connectivity index (χ2n) is 5.62. The highest BCUT2D eigenvalue weighted by Crippen LogP contribution is 2.51. The van der Waals surface area contributed by atoms with Gasteiger partial charge in [0.25, 0.3) is 0 Å². The maximum Gasteiger partial charge on any atom is 0.231 e. The van der Waals surface area contributed by atoms with Gasteiger partial charge in [-0.2, -0.15) is 0 Å². The second-order valence-corrected chi connectivity index (χ2v) is 5.62. The summed E-state index contributed by atoms with van der Waals surface area (Å²) in [7, 11) is 0. The normalized spacial score (nSPS) is 37.4. The van der Waals surface area contributed by atoms with Crippen molar-refractivity contribution in [1.82, 2.24) is 5.32 Å². The van der Waals surface area contributed by atoms with Crippen LogP contribution in [-0.2, 0) is 4.74 Å². The highest BCUT2D eigenvalue weighted by Gasteiger charge is 2.60. The minimum Gasteiger partial charge on any atom is -0.454 e. The summed E-state index contributed by atoms with van der Waals surface area (Å²) in [5, 5.41) is 3.44. The van der Waals surface area contributed by atoms with Gasteiger partial charge in [0.1, 0.15) is 11.8 Å². The zero-order chi connectivity index (χ0) is 12.6. The van der Waals surface area contributed by atoms with Crippen LogP contribution in [0.15, 0.2) is 12.1 Å². The van der Waals surface area contributed by atoms with Crippen molar-refractivity contribution in [2.24, 2.45) is 0 Å². The van der Waals surface area contributed by atoms with Crippen LogP contribution in [0.3, 0.4) is 0 Å². The number of fused-ring (bicyclic) bond motifs is 4. The average Bonchev–Trinajstić information content (AvgIpc) is 3.07. The molecule has 5 nitrogen and oxygen atoms in total. The van der Waals surface area contributed by atoms with Gasteiger partial charge in [0.2, 0.25) is 6.79 Å². The van der Waals surface area contributed by atoms with Crippen molar-refractivity contribution in [3.05, 3.63) is 23.3 Å². The molecule has 0 radical (unpaired) electrons. The largest absolute Gasteiger partial charge is 0.454 e. The summed E-state index contributed by atoms with van der Waals surface area (Å²) in [5.74, 6) is 1.47. The van der Waals surface area contributed by atoms with E-state index in [1.54, 1.807) is 0 Å². The Morgan fingerprint density at radius 3 is 3.00 bits per heavy atom. The minimum absolute atomic E-state index is 0.101. The lowest BCUT2D eigenvalue weighted by Gasteiger charge is -2.31. The molecule has 2 unspecified atom stereocenters. The number of benzene rings is 1. The lowest BCUT2D eigenvalue weighted by Crippen LogP contribution is -2.46. The van der Waals surface area contributed by atoms with Crippen molar-refractivity contribution < 1.29 is 19.0 Å². The number of hydrogen-bond acceptors (Lipinski definition) is 5. The van der Waals surface area contributed by atoms with Crippen molar-refractivity contribution in [3.63, 3.8) is 0 Å². The first-order valence-corrected chi connectivity index (χ1v) is 6.70. The molecule has 0 aromatic heterocycles. The van der Waals surface area contributed by atoms with Gasteiger partial charge in [-0.3, -0.25) is 10.1 Å². The highest BCUT2D eigenvalue weighted by atomic mass is 16.7. The molecule has 3 aliphatic heterocycles. The fourth-order valence-electron chi connectivity index (χ4n) is 3.84. The van der Waals surface area contributed by atoms with Crippen LogP contribution in [-0.4, -0.2) is 24.2 Å². The molecule has 3 heterocycles. The molecule has 3 atom stereocenters. The average molecular weight is 259 g/mol. The number of ether oxygens (including phenoxy) is 3. The smallest absolute Gasteiger partial charge is 0.231 e. The van der Waals surface area contributed by atoms with Crippen LogP contribution in [0.5, 0.6) is 11.5 Å². The Morgan fingerprint density at radius 2 is 2.11 bits per heavy atom. The summed E-state index contributed by atoms with van der Waals surface area (Å²) in [6.07, 6.45) is 2.67. The maximum absolute atomic E-state index is 12.8. The molecule has 19 heavy (non-hydrogen) atoms. The second kappa shape index (κ2) is 3.11. The van der Waals surface area contributed by atoms with Crippen LogP contribution in [0.2, 0.25) is 0 Å². The molecule has 1 aromatic rings. The van der Waals surface area contributed by atoms with Gasteiger partial charge in [0.05, 0.1) is 0 Å². The third-order valence-corrected chi connectivity index (χ3v) is 4.74. The summed E-state index contributed by atoms with van der Waals surface area (Å²) >= 11 is 0. The minimum atomic E-state index is -0.634. The quantitative estimate of drug-likeness (QED) is 0.765. The Labute approximate surface area is 109 Å². The van der Waals surface area contributed by atoms with Crippen LogP contribution in [0.4, 0.5) is 0 Å². The van der Waals surface area contributed by atoms with Gasteiger partial charge in [-0.25, -0.2) is 0 Å². The topological polar surface area (TPSA) is 56.8 Å². The van der Waals surface area contributed by atoms with Crippen molar-refractivity contribution in [2.45, 2.75) is 37.1 Å². The van der Waals surface area contributed by atoms with E-state index in [0.717, 1.165) is 30.4 Å². The lowest BCUT2D eigenvalue weighted by atomic mass is 9.85. The molecule has 2 bridgehead atoms. The molecular formula is C14H13NO4. The number of rotatable bonds is 0. The van der Waals surface area contributed by atoms with Crippen LogP contribution in [0, 0.1) is 0 Å². The number of ketones is 1. The van der Waals surface area contributed by atoms with Gasteiger partial charge in [-0.05, 0) is 31.4 Å².